The zero-order chi connectivity index (χ0) is 23.5. The number of aromatic nitrogens is 2. The van der Waals surface area contributed by atoms with Crippen LogP contribution in [0.2, 0.25) is 10.0 Å². The fraction of sp³-hybridized carbons (Fsp3) is 0.400. The van der Waals surface area contributed by atoms with Crippen LogP contribution in [0.15, 0.2) is 53.1 Å². The Morgan fingerprint density at radius 3 is 2.38 bits per heavy atom. The Bertz CT molecular complexity index is 1120. The molecule has 9 heteroatoms. The van der Waals surface area contributed by atoms with Crippen LogP contribution in [-0.4, -0.2) is 65.1 Å². The highest BCUT2D eigenvalue weighted by molar-refractivity contribution is 6.31. The average Bonchev–Trinajstić information content (AvgIpc) is 3.33. The molecular formula is C25H27Cl2N5O2. The normalized spacial score (nSPS) is 17.8. The Hall–Kier alpha value is -2.61. The van der Waals surface area contributed by atoms with Crippen LogP contribution in [0.1, 0.15) is 18.7 Å². The van der Waals surface area contributed by atoms with Gasteiger partial charge in [0, 0.05) is 53.4 Å². The lowest BCUT2D eigenvalue weighted by molar-refractivity contribution is -0.137. The van der Waals surface area contributed by atoms with Crippen molar-refractivity contribution < 1.29 is 9.32 Å². The summed E-state index contributed by atoms with van der Waals surface area (Å²) in [5, 5.41) is 5.51. The van der Waals surface area contributed by atoms with Gasteiger partial charge in [0.1, 0.15) is 0 Å². The maximum absolute atomic E-state index is 13.1. The quantitative estimate of drug-likeness (QED) is 0.510. The second-order valence-electron chi connectivity index (χ2n) is 8.86. The zero-order valence-electron chi connectivity index (χ0n) is 18.9. The van der Waals surface area contributed by atoms with Gasteiger partial charge < -0.3 is 14.3 Å². The number of carbonyl (C=O) groups is 1. The molecule has 0 N–H and O–H groups in total. The fourth-order valence-electron chi connectivity index (χ4n) is 4.68. The van der Waals surface area contributed by atoms with E-state index >= 15 is 0 Å². The van der Waals surface area contributed by atoms with E-state index in [0.29, 0.717) is 23.3 Å². The number of carbonyl (C=O) groups excluding carboxylic acids is 1. The standard InChI is InChI=1S/C25H27Cl2N5O2/c26-20-6-4-18(5-7-20)24-28-23(34-29-24)17-30-10-8-19(9-11-30)25(33)32-14-12-31(13-15-32)22-3-1-2-21(27)16-22/h1-7,16,19H,8-15,17H2. The van der Waals surface area contributed by atoms with Crippen LogP contribution in [0.4, 0.5) is 5.69 Å². The van der Waals surface area contributed by atoms with Gasteiger partial charge in [-0.05, 0) is 68.4 Å². The Kier molecular flexibility index (Phi) is 7.04. The van der Waals surface area contributed by atoms with E-state index in [4.69, 9.17) is 27.7 Å². The molecule has 0 atom stereocenters. The second-order valence-corrected chi connectivity index (χ2v) is 9.73. The molecule has 0 unspecified atom stereocenters. The lowest BCUT2D eigenvalue weighted by Gasteiger charge is -2.39. The maximum atomic E-state index is 13.1. The van der Waals surface area contributed by atoms with Gasteiger partial charge in [-0.3, -0.25) is 9.69 Å². The molecule has 1 aromatic heterocycles. The third-order valence-corrected chi connectivity index (χ3v) is 7.12. The summed E-state index contributed by atoms with van der Waals surface area (Å²) in [4.78, 5) is 24.2. The highest BCUT2D eigenvalue weighted by Crippen LogP contribution is 2.25. The minimum Gasteiger partial charge on any atom is -0.368 e. The van der Waals surface area contributed by atoms with Crippen molar-refractivity contribution in [1.82, 2.24) is 19.9 Å². The summed E-state index contributed by atoms with van der Waals surface area (Å²) in [6.45, 7) is 5.45. The van der Waals surface area contributed by atoms with E-state index in [1.165, 1.54) is 0 Å². The summed E-state index contributed by atoms with van der Waals surface area (Å²) >= 11 is 12.1. The molecule has 5 rings (SSSR count). The van der Waals surface area contributed by atoms with Crippen molar-refractivity contribution >= 4 is 34.8 Å². The first-order valence-corrected chi connectivity index (χ1v) is 12.4. The van der Waals surface area contributed by atoms with Crippen molar-refractivity contribution in [3.8, 4) is 11.4 Å². The molecule has 2 fully saturated rings. The molecule has 2 aliphatic heterocycles. The number of piperazine rings is 1. The van der Waals surface area contributed by atoms with Crippen molar-refractivity contribution in [2.24, 2.45) is 5.92 Å². The van der Waals surface area contributed by atoms with Gasteiger partial charge >= 0.3 is 0 Å². The number of nitrogens with zero attached hydrogens (tertiary/aromatic N) is 5. The smallest absolute Gasteiger partial charge is 0.241 e. The number of hydrogen-bond acceptors (Lipinski definition) is 6. The summed E-state index contributed by atoms with van der Waals surface area (Å²) in [7, 11) is 0. The van der Waals surface area contributed by atoms with Gasteiger partial charge in [0.25, 0.3) is 0 Å². The molecule has 2 saturated heterocycles. The van der Waals surface area contributed by atoms with Crippen molar-refractivity contribution in [2.45, 2.75) is 19.4 Å². The van der Waals surface area contributed by atoms with Crippen molar-refractivity contribution in [2.75, 3.05) is 44.2 Å². The predicted octanol–water partition coefficient (Wildman–Crippen LogP) is 4.60. The summed E-state index contributed by atoms with van der Waals surface area (Å²) in [6.07, 6.45) is 1.71. The van der Waals surface area contributed by atoms with Crippen molar-refractivity contribution in [3.63, 3.8) is 0 Å². The van der Waals surface area contributed by atoms with Gasteiger partial charge in [-0.15, -0.1) is 0 Å². The highest BCUT2D eigenvalue weighted by atomic mass is 35.5. The molecule has 7 nitrogen and oxygen atoms in total. The molecule has 0 radical (unpaired) electrons. The number of halogens is 2. The average molecular weight is 500 g/mol. The van der Waals surface area contributed by atoms with Gasteiger partial charge in [0.15, 0.2) is 0 Å². The summed E-state index contributed by atoms with van der Waals surface area (Å²) in [5.74, 6) is 1.52. The van der Waals surface area contributed by atoms with E-state index in [0.717, 1.165) is 68.4 Å². The number of piperidine rings is 1. The van der Waals surface area contributed by atoms with E-state index in [-0.39, 0.29) is 11.8 Å². The lowest BCUT2D eigenvalue weighted by Crippen LogP contribution is -2.51. The Balaban J connectivity index is 1.09. The summed E-state index contributed by atoms with van der Waals surface area (Å²) < 4.78 is 5.45. The van der Waals surface area contributed by atoms with Gasteiger partial charge in [0.05, 0.1) is 6.54 Å². The third kappa shape index (κ3) is 5.37. The van der Waals surface area contributed by atoms with Crippen LogP contribution >= 0.6 is 23.2 Å². The molecule has 0 saturated carbocycles. The Morgan fingerprint density at radius 2 is 1.68 bits per heavy atom. The minimum atomic E-state index is 0.0845. The Morgan fingerprint density at radius 1 is 0.941 bits per heavy atom. The van der Waals surface area contributed by atoms with Gasteiger partial charge in [-0.2, -0.15) is 4.98 Å². The molecule has 3 heterocycles. The van der Waals surface area contributed by atoms with Crippen LogP contribution < -0.4 is 4.90 Å². The number of rotatable bonds is 5. The topological polar surface area (TPSA) is 65.7 Å². The second kappa shape index (κ2) is 10.3. The summed E-state index contributed by atoms with van der Waals surface area (Å²) in [6, 6.07) is 15.3. The van der Waals surface area contributed by atoms with Gasteiger partial charge in [-0.25, -0.2) is 0 Å². The van der Waals surface area contributed by atoms with E-state index in [1.807, 2.05) is 47.4 Å². The molecule has 0 aliphatic carbocycles. The molecule has 1 amide bonds. The Labute approximate surface area is 209 Å². The zero-order valence-corrected chi connectivity index (χ0v) is 20.4. The van der Waals surface area contributed by atoms with E-state index in [2.05, 4.69) is 26.0 Å². The molecule has 178 valence electrons. The third-order valence-electron chi connectivity index (χ3n) is 6.63. The molecular weight excluding hydrogens is 473 g/mol. The maximum Gasteiger partial charge on any atom is 0.241 e. The fourth-order valence-corrected chi connectivity index (χ4v) is 4.99. The van der Waals surface area contributed by atoms with Crippen LogP contribution in [0.3, 0.4) is 0 Å². The van der Waals surface area contributed by atoms with Crippen molar-refractivity contribution in [1.29, 1.82) is 0 Å². The predicted molar refractivity (Wildman–Crippen MR) is 133 cm³/mol. The van der Waals surface area contributed by atoms with Crippen LogP contribution in [0.5, 0.6) is 0 Å². The van der Waals surface area contributed by atoms with Gasteiger partial charge in [0.2, 0.25) is 17.6 Å². The van der Waals surface area contributed by atoms with E-state index < -0.39 is 0 Å². The molecule has 2 aliphatic rings. The molecule has 0 spiro atoms. The first kappa shape index (κ1) is 23.1. The number of benzene rings is 2. The van der Waals surface area contributed by atoms with Crippen molar-refractivity contribution in [3.05, 3.63) is 64.5 Å². The van der Waals surface area contributed by atoms with Crippen LogP contribution in [0, 0.1) is 5.92 Å². The van der Waals surface area contributed by atoms with Crippen LogP contribution in [-0.2, 0) is 11.3 Å². The number of hydrogen-bond donors (Lipinski definition) is 0. The molecule has 0 bridgehead atoms. The lowest BCUT2D eigenvalue weighted by atomic mass is 9.95. The highest BCUT2D eigenvalue weighted by Gasteiger charge is 2.31. The first-order chi connectivity index (χ1) is 16.5. The SMILES string of the molecule is O=C(C1CCN(Cc2nc(-c3ccc(Cl)cc3)no2)CC1)N1CCN(c2cccc(Cl)c2)CC1. The van der Waals surface area contributed by atoms with E-state index in [9.17, 15) is 4.79 Å². The van der Waals surface area contributed by atoms with E-state index in [1.54, 1.807) is 0 Å². The monoisotopic (exact) mass is 499 g/mol. The molecule has 2 aromatic carbocycles. The minimum absolute atomic E-state index is 0.0845. The number of anilines is 1. The number of likely N-dealkylation sites (tertiary alicyclic amines) is 1. The first-order valence-electron chi connectivity index (χ1n) is 11.7. The number of amides is 1. The molecule has 3 aromatic rings. The summed E-state index contributed by atoms with van der Waals surface area (Å²) in [5.41, 5.74) is 1.99. The van der Waals surface area contributed by atoms with Crippen LogP contribution in [0.25, 0.3) is 11.4 Å². The molecule has 34 heavy (non-hydrogen) atoms. The largest absolute Gasteiger partial charge is 0.368 e. The van der Waals surface area contributed by atoms with Gasteiger partial charge in [-0.1, -0.05) is 34.4 Å².